The Morgan fingerprint density at radius 2 is 1.67 bits per heavy atom. The molecule has 1 atom stereocenters. The summed E-state index contributed by atoms with van der Waals surface area (Å²) >= 11 is 0. The smallest absolute Gasteiger partial charge is 0.0102 e. The first-order valence-corrected chi connectivity index (χ1v) is 9.19. The fourth-order valence-corrected chi connectivity index (χ4v) is 3.95. The minimum atomic E-state index is 0.359. The van der Waals surface area contributed by atoms with Crippen LogP contribution in [-0.4, -0.2) is 61.7 Å². The van der Waals surface area contributed by atoms with Gasteiger partial charge in [0.2, 0.25) is 0 Å². The van der Waals surface area contributed by atoms with Gasteiger partial charge < -0.3 is 15.1 Å². The van der Waals surface area contributed by atoms with Gasteiger partial charge in [-0.25, -0.2) is 0 Å². The van der Waals surface area contributed by atoms with E-state index in [4.69, 9.17) is 0 Å². The van der Waals surface area contributed by atoms with Gasteiger partial charge in [0.15, 0.2) is 0 Å². The van der Waals surface area contributed by atoms with Crippen molar-refractivity contribution < 1.29 is 0 Å². The second-order valence-corrected chi connectivity index (χ2v) is 8.00. The molecule has 2 aliphatic heterocycles. The van der Waals surface area contributed by atoms with Gasteiger partial charge in [0, 0.05) is 19.1 Å². The van der Waals surface area contributed by atoms with E-state index in [2.05, 4.69) is 42.8 Å². The first-order valence-electron chi connectivity index (χ1n) is 9.19. The number of nitrogens with zero attached hydrogens (tertiary/aromatic N) is 2. The van der Waals surface area contributed by atoms with Crippen molar-refractivity contribution in [3.8, 4) is 0 Å². The van der Waals surface area contributed by atoms with E-state index in [1.807, 2.05) is 0 Å². The molecule has 1 unspecified atom stereocenters. The minimum absolute atomic E-state index is 0.359. The van der Waals surface area contributed by atoms with E-state index in [0.29, 0.717) is 11.5 Å². The number of hydrogen-bond acceptors (Lipinski definition) is 3. The van der Waals surface area contributed by atoms with Crippen molar-refractivity contribution in [2.75, 3.05) is 45.8 Å². The van der Waals surface area contributed by atoms with Crippen molar-refractivity contribution in [2.45, 2.75) is 59.4 Å². The molecule has 1 N–H and O–H groups in total. The molecule has 0 radical (unpaired) electrons. The van der Waals surface area contributed by atoms with Gasteiger partial charge in [-0.15, -0.1) is 0 Å². The quantitative estimate of drug-likeness (QED) is 0.779. The Morgan fingerprint density at radius 1 is 1.05 bits per heavy atom. The van der Waals surface area contributed by atoms with E-state index in [1.54, 1.807) is 0 Å². The highest BCUT2D eigenvalue weighted by molar-refractivity contribution is 4.86. The van der Waals surface area contributed by atoms with Crippen LogP contribution in [0.2, 0.25) is 0 Å². The molecule has 2 saturated heterocycles. The Morgan fingerprint density at radius 3 is 2.24 bits per heavy atom. The summed E-state index contributed by atoms with van der Waals surface area (Å²) in [6, 6.07) is 0.588. The van der Waals surface area contributed by atoms with Gasteiger partial charge in [-0.05, 0) is 76.7 Å². The van der Waals surface area contributed by atoms with Crippen LogP contribution in [0.5, 0.6) is 0 Å². The highest BCUT2D eigenvalue weighted by atomic mass is 15.2. The molecular formula is C18H37N3. The Bertz CT molecular complexity index is 289. The molecule has 0 amide bonds. The molecular weight excluding hydrogens is 258 g/mol. The van der Waals surface area contributed by atoms with Crippen molar-refractivity contribution in [1.29, 1.82) is 0 Å². The normalized spacial score (nSPS) is 24.6. The molecule has 0 aliphatic carbocycles. The first-order chi connectivity index (χ1) is 10.0. The summed E-state index contributed by atoms with van der Waals surface area (Å²) in [5, 5.41) is 3.60. The van der Waals surface area contributed by atoms with Crippen LogP contribution in [0, 0.1) is 11.3 Å². The second kappa shape index (κ2) is 7.94. The van der Waals surface area contributed by atoms with Gasteiger partial charge in [0.05, 0.1) is 0 Å². The van der Waals surface area contributed by atoms with E-state index in [0.717, 1.165) is 12.5 Å². The molecule has 124 valence electrons. The molecule has 0 aromatic heterocycles. The third kappa shape index (κ3) is 5.22. The van der Waals surface area contributed by atoms with Crippen molar-refractivity contribution in [2.24, 2.45) is 11.3 Å². The van der Waals surface area contributed by atoms with Crippen LogP contribution in [-0.2, 0) is 0 Å². The Hall–Kier alpha value is -0.120. The molecule has 0 spiro atoms. The molecule has 21 heavy (non-hydrogen) atoms. The van der Waals surface area contributed by atoms with Crippen molar-refractivity contribution in [3.63, 3.8) is 0 Å². The molecule has 3 nitrogen and oxygen atoms in total. The summed E-state index contributed by atoms with van der Waals surface area (Å²) in [5.41, 5.74) is 0.359. The van der Waals surface area contributed by atoms with Crippen molar-refractivity contribution in [3.05, 3.63) is 0 Å². The average molecular weight is 296 g/mol. The fraction of sp³-hybridized carbons (Fsp3) is 1.00. The maximum atomic E-state index is 3.60. The summed E-state index contributed by atoms with van der Waals surface area (Å²) in [5.74, 6) is 0.952. The standard InChI is InChI=1S/C18H37N3/c1-5-19-16(2)18(3,4)15-21-12-8-17(9-13-21)14-20-10-6-7-11-20/h16-17,19H,5-15H2,1-4H3. The second-order valence-electron chi connectivity index (χ2n) is 8.00. The van der Waals surface area contributed by atoms with Crippen molar-refractivity contribution in [1.82, 2.24) is 15.1 Å². The predicted molar refractivity (Wildman–Crippen MR) is 91.8 cm³/mol. The fourth-order valence-electron chi connectivity index (χ4n) is 3.95. The molecule has 2 aliphatic rings. The topological polar surface area (TPSA) is 18.5 Å². The van der Waals surface area contributed by atoms with Crippen LogP contribution in [0.4, 0.5) is 0 Å². The van der Waals surface area contributed by atoms with Crippen LogP contribution >= 0.6 is 0 Å². The number of likely N-dealkylation sites (tertiary alicyclic amines) is 2. The lowest BCUT2D eigenvalue weighted by Crippen LogP contribution is -2.49. The van der Waals surface area contributed by atoms with E-state index in [9.17, 15) is 0 Å². The maximum Gasteiger partial charge on any atom is 0.0102 e. The zero-order valence-electron chi connectivity index (χ0n) is 14.8. The Kier molecular flexibility index (Phi) is 6.51. The lowest BCUT2D eigenvalue weighted by atomic mass is 9.83. The van der Waals surface area contributed by atoms with Crippen LogP contribution in [0.15, 0.2) is 0 Å². The predicted octanol–water partition coefficient (Wildman–Crippen LogP) is 2.82. The van der Waals surface area contributed by atoms with E-state index < -0.39 is 0 Å². The summed E-state index contributed by atoms with van der Waals surface area (Å²) in [7, 11) is 0. The highest BCUT2D eigenvalue weighted by Crippen LogP contribution is 2.26. The van der Waals surface area contributed by atoms with Crippen molar-refractivity contribution >= 4 is 0 Å². The lowest BCUT2D eigenvalue weighted by Gasteiger charge is -2.41. The van der Waals surface area contributed by atoms with Gasteiger partial charge in [-0.3, -0.25) is 0 Å². The Balaban J connectivity index is 1.70. The average Bonchev–Trinajstić information content (AvgIpc) is 2.94. The minimum Gasteiger partial charge on any atom is -0.314 e. The van der Waals surface area contributed by atoms with Gasteiger partial charge >= 0.3 is 0 Å². The largest absolute Gasteiger partial charge is 0.314 e. The molecule has 2 heterocycles. The number of piperidine rings is 1. The molecule has 2 fully saturated rings. The number of nitrogens with one attached hydrogen (secondary N) is 1. The van der Waals surface area contributed by atoms with Gasteiger partial charge in [-0.2, -0.15) is 0 Å². The van der Waals surface area contributed by atoms with E-state index >= 15 is 0 Å². The SMILES string of the molecule is CCNC(C)C(C)(C)CN1CCC(CN2CCCC2)CC1. The monoisotopic (exact) mass is 295 g/mol. The molecule has 3 heteroatoms. The maximum absolute atomic E-state index is 3.60. The first kappa shape index (κ1) is 17.2. The zero-order chi connectivity index (χ0) is 15.3. The Labute approximate surface area is 132 Å². The molecule has 0 bridgehead atoms. The summed E-state index contributed by atoms with van der Waals surface area (Å²) in [6.45, 7) is 18.4. The van der Waals surface area contributed by atoms with Crippen LogP contribution in [0.1, 0.15) is 53.4 Å². The molecule has 2 rings (SSSR count). The summed E-state index contributed by atoms with van der Waals surface area (Å²) in [6.07, 6.45) is 5.66. The highest BCUT2D eigenvalue weighted by Gasteiger charge is 2.30. The molecule has 0 saturated carbocycles. The van der Waals surface area contributed by atoms with Crippen LogP contribution < -0.4 is 5.32 Å². The number of hydrogen-bond donors (Lipinski definition) is 1. The van der Waals surface area contributed by atoms with Gasteiger partial charge in [0.25, 0.3) is 0 Å². The number of rotatable bonds is 7. The van der Waals surface area contributed by atoms with Gasteiger partial charge in [-0.1, -0.05) is 20.8 Å². The van der Waals surface area contributed by atoms with Crippen LogP contribution in [0.25, 0.3) is 0 Å². The van der Waals surface area contributed by atoms with Crippen LogP contribution in [0.3, 0.4) is 0 Å². The van der Waals surface area contributed by atoms with E-state index in [1.165, 1.54) is 65.0 Å². The molecule has 0 aromatic carbocycles. The summed E-state index contributed by atoms with van der Waals surface area (Å²) in [4.78, 5) is 5.39. The third-order valence-electron chi connectivity index (χ3n) is 5.74. The third-order valence-corrected chi connectivity index (χ3v) is 5.74. The molecule has 0 aromatic rings. The lowest BCUT2D eigenvalue weighted by molar-refractivity contribution is 0.0972. The van der Waals surface area contributed by atoms with Gasteiger partial charge in [0.1, 0.15) is 0 Å². The summed E-state index contributed by atoms with van der Waals surface area (Å²) < 4.78 is 0. The van der Waals surface area contributed by atoms with E-state index in [-0.39, 0.29) is 0 Å². The zero-order valence-corrected chi connectivity index (χ0v) is 14.8.